The lowest BCUT2D eigenvalue weighted by Crippen LogP contribution is -2.33. The number of nitriles is 1. The molecule has 2 rings (SSSR count). The summed E-state index contributed by atoms with van der Waals surface area (Å²) in [5, 5.41) is 26.2. The van der Waals surface area contributed by atoms with Crippen LogP contribution < -0.4 is 10.6 Å². The van der Waals surface area contributed by atoms with Crippen LogP contribution in [0.15, 0.2) is 18.2 Å². The van der Waals surface area contributed by atoms with E-state index in [0.717, 1.165) is 25.9 Å². The van der Waals surface area contributed by atoms with Crippen LogP contribution in [-0.4, -0.2) is 37.3 Å². The van der Waals surface area contributed by atoms with Gasteiger partial charge in [0.05, 0.1) is 17.6 Å². The van der Waals surface area contributed by atoms with Crippen molar-refractivity contribution in [3.05, 3.63) is 33.9 Å². The molecular weight excluding hydrogens is 272 g/mol. The van der Waals surface area contributed by atoms with Gasteiger partial charge in [0.25, 0.3) is 0 Å². The van der Waals surface area contributed by atoms with Gasteiger partial charge in [0.15, 0.2) is 0 Å². The van der Waals surface area contributed by atoms with E-state index in [4.69, 9.17) is 10.00 Å². The topological polar surface area (TPSA) is 100 Å². The van der Waals surface area contributed by atoms with Crippen molar-refractivity contribution in [3.63, 3.8) is 0 Å². The van der Waals surface area contributed by atoms with Crippen LogP contribution in [0.2, 0.25) is 0 Å². The first-order valence-electron chi connectivity index (χ1n) is 6.96. The van der Waals surface area contributed by atoms with Crippen LogP contribution in [0.25, 0.3) is 0 Å². The predicted molar refractivity (Wildman–Crippen MR) is 78.1 cm³/mol. The minimum atomic E-state index is -0.533. The molecular formula is C14H18N4O3. The summed E-state index contributed by atoms with van der Waals surface area (Å²) < 4.78 is 5.72. The third-order valence-corrected chi connectivity index (χ3v) is 3.40. The van der Waals surface area contributed by atoms with Crippen molar-refractivity contribution < 1.29 is 9.66 Å². The number of nitro benzene ring substituents is 1. The van der Waals surface area contributed by atoms with E-state index in [1.807, 2.05) is 6.07 Å². The Bertz CT molecular complexity index is 536. The molecule has 1 aliphatic rings. The van der Waals surface area contributed by atoms with Crippen molar-refractivity contribution in [2.45, 2.75) is 18.9 Å². The fourth-order valence-corrected chi connectivity index (χ4v) is 2.35. The van der Waals surface area contributed by atoms with Gasteiger partial charge in [0.2, 0.25) is 0 Å². The van der Waals surface area contributed by atoms with Crippen LogP contribution >= 0.6 is 0 Å². The van der Waals surface area contributed by atoms with Crippen LogP contribution in [-0.2, 0) is 4.74 Å². The first kappa shape index (κ1) is 15.2. The van der Waals surface area contributed by atoms with E-state index in [1.54, 1.807) is 12.1 Å². The highest BCUT2D eigenvalue weighted by molar-refractivity contribution is 5.68. The standard InChI is InChI=1S/C14H18N4O3/c15-10-11-2-1-3-13(14(11)18(19)20)17-8-9-21-12-4-6-16-7-5-12/h1-3,12,16-17H,4-9H2. The molecule has 1 fully saturated rings. The van der Waals surface area contributed by atoms with E-state index >= 15 is 0 Å². The third kappa shape index (κ3) is 4.15. The fraction of sp³-hybridized carbons (Fsp3) is 0.500. The number of benzene rings is 1. The summed E-state index contributed by atoms with van der Waals surface area (Å²) in [7, 11) is 0. The van der Waals surface area contributed by atoms with Crippen LogP contribution in [0.3, 0.4) is 0 Å². The van der Waals surface area contributed by atoms with Gasteiger partial charge in [-0.05, 0) is 38.1 Å². The van der Waals surface area contributed by atoms with Gasteiger partial charge in [-0.2, -0.15) is 5.26 Å². The van der Waals surface area contributed by atoms with Crippen molar-refractivity contribution in [1.82, 2.24) is 5.32 Å². The monoisotopic (exact) mass is 290 g/mol. The molecule has 0 aromatic heterocycles. The van der Waals surface area contributed by atoms with Gasteiger partial charge in [-0.15, -0.1) is 0 Å². The lowest BCUT2D eigenvalue weighted by molar-refractivity contribution is -0.384. The minimum Gasteiger partial charge on any atom is -0.377 e. The van der Waals surface area contributed by atoms with Crippen LogP contribution in [0.4, 0.5) is 11.4 Å². The molecule has 1 aromatic carbocycles. The molecule has 0 amide bonds. The second-order valence-electron chi connectivity index (χ2n) is 4.82. The molecule has 0 saturated carbocycles. The Morgan fingerprint density at radius 3 is 2.90 bits per heavy atom. The number of anilines is 1. The average molecular weight is 290 g/mol. The SMILES string of the molecule is N#Cc1cccc(NCCOC2CCNCC2)c1[N+](=O)[O-]. The van der Waals surface area contributed by atoms with E-state index in [9.17, 15) is 10.1 Å². The lowest BCUT2D eigenvalue weighted by atomic mass is 10.1. The predicted octanol–water partition coefficient (Wildman–Crippen LogP) is 1.65. The summed E-state index contributed by atoms with van der Waals surface area (Å²) in [6.45, 7) is 2.89. The van der Waals surface area contributed by atoms with Crippen LogP contribution in [0.5, 0.6) is 0 Å². The van der Waals surface area contributed by atoms with Gasteiger partial charge < -0.3 is 15.4 Å². The molecule has 1 aromatic rings. The average Bonchev–Trinajstić information content (AvgIpc) is 2.52. The number of piperidine rings is 1. The Morgan fingerprint density at radius 2 is 2.24 bits per heavy atom. The number of para-hydroxylation sites is 1. The molecule has 7 nitrogen and oxygen atoms in total. The lowest BCUT2D eigenvalue weighted by Gasteiger charge is -2.23. The highest BCUT2D eigenvalue weighted by Crippen LogP contribution is 2.27. The molecule has 0 atom stereocenters. The molecule has 0 aliphatic carbocycles. The van der Waals surface area contributed by atoms with Crippen LogP contribution in [0.1, 0.15) is 18.4 Å². The van der Waals surface area contributed by atoms with Crippen LogP contribution in [0, 0.1) is 21.4 Å². The number of ether oxygens (including phenoxy) is 1. The Morgan fingerprint density at radius 1 is 1.48 bits per heavy atom. The molecule has 0 bridgehead atoms. The normalized spacial score (nSPS) is 15.4. The summed E-state index contributed by atoms with van der Waals surface area (Å²) in [4.78, 5) is 10.5. The fourth-order valence-electron chi connectivity index (χ4n) is 2.35. The number of nitro groups is 1. The summed E-state index contributed by atoms with van der Waals surface area (Å²) in [6, 6.07) is 6.51. The van der Waals surface area contributed by atoms with Gasteiger partial charge in [0.1, 0.15) is 17.3 Å². The van der Waals surface area contributed by atoms with E-state index in [0.29, 0.717) is 18.8 Å². The molecule has 1 aliphatic heterocycles. The smallest absolute Gasteiger partial charge is 0.309 e. The van der Waals surface area contributed by atoms with Crippen molar-refractivity contribution in [1.29, 1.82) is 5.26 Å². The number of hydrogen-bond donors (Lipinski definition) is 2. The maximum absolute atomic E-state index is 11.1. The molecule has 1 saturated heterocycles. The zero-order chi connectivity index (χ0) is 15.1. The van der Waals surface area contributed by atoms with E-state index < -0.39 is 4.92 Å². The van der Waals surface area contributed by atoms with E-state index in [2.05, 4.69) is 10.6 Å². The van der Waals surface area contributed by atoms with E-state index in [-0.39, 0.29) is 17.4 Å². The van der Waals surface area contributed by atoms with Gasteiger partial charge in [-0.3, -0.25) is 10.1 Å². The Hall–Kier alpha value is -2.17. The Kier molecular flexibility index (Phi) is 5.49. The number of hydrogen-bond acceptors (Lipinski definition) is 6. The number of nitrogens with zero attached hydrogens (tertiary/aromatic N) is 2. The van der Waals surface area contributed by atoms with Gasteiger partial charge in [-0.1, -0.05) is 6.07 Å². The summed E-state index contributed by atoms with van der Waals surface area (Å²) in [5.41, 5.74) is 0.235. The zero-order valence-electron chi connectivity index (χ0n) is 11.7. The van der Waals surface area contributed by atoms with Gasteiger partial charge in [-0.25, -0.2) is 0 Å². The highest BCUT2D eigenvalue weighted by atomic mass is 16.6. The molecule has 112 valence electrons. The first-order valence-corrected chi connectivity index (χ1v) is 6.96. The molecule has 2 N–H and O–H groups in total. The quantitative estimate of drug-likeness (QED) is 0.469. The van der Waals surface area contributed by atoms with E-state index in [1.165, 1.54) is 6.07 Å². The second kappa shape index (κ2) is 7.57. The molecule has 0 spiro atoms. The molecule has 0 radical (unpaired) electrons. The minimum absolute atomic E-state index is 0.0595. The van der Waals surface area contributed by atoms with Gasteiger partial charge in [0, 0.05) is 6.54 Å². The number of nitrogens with one attached hydrogen (secondary N) is 2. The summed E-state index contributed by atoms with van der Waals surface area (Å²) >= 11 is 0. The molecule has 0 unspecified atom stereocenters. The van der Waals surface area contributed by atoms with Crippen molar-refractivity contribution in [3.8, 4) is 6.07 Å². The molecule has 21 heavy (non-hydrogen) atoms. The van der Waals surface area contributed by atoms with Crippen molar-refractivity contribution >= 4 is 11.4 Å². The summed E-state index contributed by atoms with van der Waals surface area (Å²) in [6.07, 6.45) is 2.24. The molecule has 7 heteroatoms. The Balaban J connectivity index is 1.88. The summed E-state index contributed by atoms with van der Waals surface area (Å²) in [5.74, 6) is 0. The van der Waals surface area contributed by atoms with Gasteiger partial charge >= 0.3 is 5.69 Å². The van der Waals surface area contributed by atoms with Crippen molar-refractivity contribution in [2.75, 3.05) is 31.6 Å². The zero-order valence-corrected chi connectivity index (χ0v) is 11.7. The molecule has 1 heterocycles. The number of rotatable bonds is 6. The Labute approximate surface area is 123 Å². The maximum Gasteiger partial charge on any atom is 0.309 e. The largest absolute Gasteiger partial charge is 0.377 e. The van der Waals surface area contributed by atoms with Crippen molar-refractivity contribution in [2.24, 2.45) is 0 Å². The first-order chi connectivity index (χ1) is 10.2. The maximum atomic E-state index is 11.1. The third-order valence-electron chi connectivity index (χ3n) is 3.40. The second-order valence-corrected chi connectivity index (χ2v) is 4.82. The highest BCUT2D eigenvalue weighted by Gasteiger charge is 2.19.